The summed E-state index contributed by atoms with van der Waals surface area (Å²) >= 11 is 0. The number of hydrogen-bond acceptors (Lipinski definition) is 1. The third-order valence-electron chi connectivity index (χ3n) is 5.06. The van der Waals surface area contributed by atoms with E-state index in [9.17, 15) is 4.39 Å². The molecule has 1 aliphatic heterocycles. The zero-order valence-corrected chi connectivity index (χ0v) is 11.6. The predicted molar refractivity (Wildman–Crippen MR) is 86.8 cm³/mol. The van der Waals surface area contributed by atoms with E-state index in [1.54, 1.807) is 6.08 Å². The molecule has 1 fully saturated rings. The molecule has 0 amide bonds. The Labute approximate surface area is 125 Å². The normalized spacial score (nSPS) is 22.9. The molecule has 1 nitrogen and oxygen atoms in total. The minimum atomic E-state index is -0.356. The highest BCUT2D eigenvalue weighted by molar-refractivity contribution is 6.24. The highest BCUT2D eigenvalue weighted by Gasteiger charge is 2.48. The van der Waals surface area contributed by atoms with Crippen LogP contribution in [0.2, 0.25) is 0 Å². The minimum Gasteiger partial charge on any atom is -0.357 e. The smallest absolute Gasteiger partial charge is 0.140 e. The average molecular weight is 286 g/mol. The van der Waals surface area contributed by atoms with Crippen molar-refractivity contribution in [3.63, 3.8) is 0 Å². The molecule has 1 heterocycles. The van der Waals surface area contributed by atoms with Crippen molar-refractivity contribution in [3.05, 3.63) is 65.5 Å². The highest BCUT2D eigenvalue weighted by atomic mass is 19.1. The Morgan fingerprint density at radius 1 is 0.818 bits per heavy atom. The van der Waals surface area contributed by atoms with Crippen molar-refractivity contribution >= 4 is 38.4 Å². The molecule has 0 aromatic heterocycles. The highest BCUT2D eigenvalue weighted by Crippen LogP contribution is 2.53. The molecule has 2 atom stereocenters. The fraction of sp³-hybridized carbons (Fsp3) is 0.100. The number of rotatable bonds is 0. The molecule has 0 saturated carbocycles. The first kappa shape index (κ1) is 11.2. The molecule has 0 spiro atoms. The van der Waals surface area contributed by atoms with Crippen molar-refractivity contribution in [2.75, 3.05) is 0 Å². The molecule has 104 valence electrons. The second-order valence-electron chi connectivity index (χ2n) is 6.24. The molecule has 0 bridgehead atoms. The van der Waals surface area contributed by atoms with Gasteiger partial charge in [0.2, 0.25) is 0 Å². The Morgan fingerprint density at radius 3 is 2.45 bits per heavy atom. The second-order valence-corrected chi connectivity index (χ2v) is 6.24. The van der Waals surface area contributed by atoms with Crippen molar-refractivity contribution in [3.8, 4) is 0 Å². The molecule has 0 N–H and O–H groups in total. The Bertz CT molecular complexity index is 1110. The van der Waals surface area contributed by atoms with Gasteiger partial charge in [0.1, 0.15) is 18.0 Å². The molecule has 6 rings (SSSR count). The minimum absolute atomic E-state index is 0.107. The van der Waals surface area contributed by atoms with Gasteiger partial charge in [-0.2, -0.15) is 0 Å². The van der Waals surface area contributed by atoms with Gasteiger partial charge in [0.15, 0.2) is 0 Å². The van der Waals surface area contributed by atoms with Crippen LogP contribution in [0.15, 0.2) is 54.4 Å². The van der Waals surface area contributed by atoms with Crippen molar-refractivity contribution in [2.24, 2.45) is 0 Å². The maximum atomic E-state index is 13.9. The number of halogens is 1. The number of ether oxygens (including phenoxy) is 1. The van der Waals surface area contributed by atoms with E-state index >= 15 is 0 Å². The molecular weight excluding hydrogens is 275 g/mol. The van der Waals surface area contributed by atoms with Gasteiger partial charge in [0, 0.05) is 0 Å². The van der Waals surface area contributed by atoms with Crippen molar-refractivity contribution in [2.45, 2.75) is 12.2 Å². The average Bonchev–Trinajstić information content (AvgIpc) is 3.33. The molecule has 2 aliphatic rings. The molecule has 1 aliphatic carbocycles. The SMILES string of the molecule is FC1=Cc2cc3ccc4cccc5ccc(c2[C@H]2O[C@@H]12)c3c45. The molecule has 1 saturated heterocycles. The maximum Gasteiger partial charge on any atom is 0.140 e. The monoisotopic (exact) mass is 286 g/mol. The van der Waals surface area contributed by atoms with Crippen molar-refractivity contribution in [1.82, 2.24) is 0 Å². The van der Waals surface area contributed by atoms with Gasteiger partial charge >= 0.3 is 0 Å². The van der Waals surface area contributed by atoms with Crippen LogP contribution in [0.3, 0.4) is 0 Å². The number of epoxide rings is 1. The van der Waals surface area contributed by atoms with E-state index in [1.165, 1.54) is 32.3 Å². The summed E-state index contributed by atoms with van der Waals surface area (Å²) in [6.07, 6.45) is 1.17. The van der Waals surface area contributed by atoms with Gasteiger partial charge in [-0.3, -0.25) is 0 Å². The molecule has 4 aromatic carbocycles. The summed E-state index contributed by atoms with van der Waals surface area (Å²) in [4.78, 5) is 0. The number of fused-ring (bicyclic) bond motifs is 4. The standard InChI is InChI=1S/C20H11FO/c21-15-9-13-8-12-5-4-10-2-1-3-11-6-7-14(17(12)16(10)11)18(13)20-19(15)22-20/h1-9,19-20H/t19-,20+/m0/s1. The van der Waals surface area contributed by atoms with Crippen molar-refractivity contribution in [1.29, 1.82) is 0 Å². The largest absolute Gasteiger partial charge is 0.357 e. The topological polar surface area (TPSA) is 12.5 Å². The van der Waals surface area contributed by atoms with E-state index in [1.807, 2.05) is 0 Å². The summed E-state index contributed by atoms with van der Waals surface area (Å²) in [6, 6.07) is 17.1. The third-order valence-corrected chi connectivity index (χ3v) is 5.06. The maximum absolute atomic E-state index is 13.9. The fourth-order valence-electron chi connectivity index (χ4n) is 4.06. The third kappa shape index (κ3) is 1.19. The van der Waals surface area contributed by atoms with Gasteiger partial charge in [0.25, 0.3) is 0 Å². The van der Waals surface area contributed by atoms with Crippen LogP contribution in [0.5, 0.6) is 0 Å². The summed E-state index contributed by atoms with van der Waals surface area (Å²) < 4.78 is 19.5. The van der Waals surface area contributed by atoms with Gasteiger partial charge < -0.3 is 4.74 Å². The molecule has 0 radical (unpaired) electrons. The predicted octanol–water partition coefficient (Wildman–Crippen LogP) is 5.35. The molecule has 0 unspecified atom stereocenters. The van der Waals surface area contributed by atoms with Crippen LogP contribution in [0.25, 0.3) is 38.4 Å². The van der Waals surface area contributed by atoms with Crippen LogP contribution in [0, 0.1) is 0 Å². The molecule has 4 aromatic rings. The first-order valence-corrected chi connectivity index (χ1v) is 7.54. The summed E-state index contributed by atoms with van der Waals surface area (Å²) in [5.41, 5.74) is 2.11. The Morgan fingerprint density at radius 2 is 1.59 bits per heavy atom. The van der Waals surface area contributed by atoms with Gasteiger partial charge in [-0.1, -0.05) is 42.5 Å². The summed E-state index contributed by atoms with van der Waals surface area (Å²) in [5.74, 6) is -0.148. The van der Waals surface area contributed by atoms with Crippen LogP contribution in [-0.2, 0) is 4.74 Å². The fourth-order valence-corrected chi connectivity index (χ4v) is 4.06. The Hall–Kier alpha value is -2.45. The van der Waals surface area contributed by atoms with E-state index in [-0.39, 0.29) is 18.0 Å². The van der Waals surface area contributed by atoms with Crippen LogP contribution >= 0.6 is 0 Å². The van der Waals surface area contributed by atoms with Crippen LogP contribution in [-0.4, -0.2) is 6.10 Å². The molecule has 22 heavy (non-hydrogen) atoms. The number of benzene rings is 4. The van der Waals surface area contributed by atoms with Crippen LogP contribution < -0.4 is 0 Å². The summed E-state index contributed by atoms with van der Waals surface area (Å²) in [5, 5.41) is 7.45. The first-order valence-electron chi connectivity index (χ1n) is 7.54. The van der Waals surface area contributed by atoms with Gasteiger partial charge in [-0.05, 0) is 55.6 Å². The Balaban J connectivity index is 1.91. The summed E-state index contributed by atoms with van der Waals surface area (Å²) in [6.45, 7) is 0. The van der Waals surface area contributed by atoms with E-state index in [2.05, 4.69) is 48.5 Å². The van der Waals surface area contributed by atoms with Gasteiger partial charge in [0.05, 0.1) is 0 Å². The number of hydrogen-bond donors (Lipinski definition) is 0. The zero-order chi connectivity index (χ0) is 14.4. The summed E-state index contributed by atoms with van der Waals surface area (Å²) in [7, 11) is 0. The molecular formula is C20H11FO. The zero-order valence-electron chi connectivity index (χ0n) is 11.6. The van der Waals surface area contributed by atoms with Crippen LogP contribution in [0.4, 0.5) is 4.39 Å². The lowest BCUT2D eigenvalue weighted by Gasteiger charge is -2.17. The lowest BCUT2D eigenvalue weighted by molar-refractivity contribution is 0.372. The second kappa shape index (κ2) is 3.47. The van der Waals surface area contributed by atoms with E-state index in [4.69, 9.17) is 4.74 Å². The van der Waals surface area contributed by atoms with E-state index < -0.39 is 0 Å². The van der Waals surface area contributed by atoms with E-state index in [0.717, 1.165) is 11.1 Å². The van der Waals surface area contributed by atoms with E-state index in [0.29, 0.717) is 0 Å². The lowest BCUT2D eigenvalue weighted by Crippen LogP contribution is -2.01. The quantitative estimate of drug-likeness (QED) is 0.313. The first-order chi connectivity index (χ1) is 10.8. The van der Waals surface area contributed by atoms with Gasteiger partial charge in [-0.15, -0.1) is 0 Å². The lowest BCUT2D eigenvalue weighted by atomic mass is 9.86. The van der Waals surface area contributed by atoms with Crippen molar-refractivity contribution < 1.29 is 9.13 Å². The molecule has 2 heteroatoms. The van der Waals surface area contributed by atoms with Crippen LogP contribution in [0.1, 0.15) is 17.2 Å². The van der Waals surface area contributed by atoms with Gasteiger partial charge in [-0.25, -0.2) is 4.39 Å². The Kier molecular flexibility index (Phi) is 1.76.